The maximum Gasteiger partial charge on any atom is 0.228 e. The lowest BCUT2D eigenvalue weighted by Gasteiger charge is -2.07. The summed E-state index contributed by atoms with van der Waals surface area (Å²) in [6, 6.07) is 11.5. The second kappa shape index (κ2) is 8.45. The van der Waals surface area contributed by atoms with Crippen LogP contribution in [0, 0.1) is 11.8 Å². The first-order chi connectivity index (χ1) is 13.2. The Labute approximate surface area is 159 Å². The standard InChI is InChI=1S/C22H23N3O2/c1-4-6-20(23-3)18-13-19(18)22(26)25-17-10-7-15(8-11-17)16-9-12-21(24-14-16)27-5-2/h4,6-12,14,18-19H,1,3,5,13H2,2H3,(H,25,26)/b20-6-. The third-order valence-electron chi connectivity index (χ3n) is 4.49. The van der Waals surface area contributed by atoms with Gasteiger partial charge in [0.25, 0.3) is 0 Å². The van der Waals surface area contributed by atoms with Crippen molar-refractivity contribution >= 4 is 18.3 Å². The molecule has 1 heterocycles. The van der Waals surface area contributed by atoms with Crippen LogP contribution in [0.5, 0.6) is 5.88 Å². The van der Waals surface area contributed by atoms with Crippen molar-refractivity contribution < 1.29 is 9.53 Å². The maximum absolute atomic E-state index is 12.4. The van der Waals surface area contributed by atoms with Crippen molar-refractivity contribution in [1.29, 1.82) is 0 Å². The van der Waals surface area contributed by atoms with Crippen LogP contribution in [0.2, 0.25) is 0 Å². The largest absolute Gasteiger partial charge is 0.478 e. The summed E-state index contributed by atoms with van der Waals surface area (Å²) in [7, 11) is 0. The van der Waals surface area contributed by atoms with E-state index in [-0.39, 0.29) is 17.7 Å². The van der Waals surface area contributed by atoms with Gasteiger partial charge in [0.1, 0.15) is 0 Å². The molecule has 5 heteroatoms. The van der Waals surface area contributed by atoms with E-state index < -0.39 is 0 Å². The molecule has 0 radical (unpaired) electrons. The Bertz CT molecular complexity index is 854. The van der Waals surface area contributed by atoms with Gasteiger partial charge in [0.2, 0.25) is 11.8 Å². The quantitative estimate of drug-likeness (QED) is 0.556. The molecule has 2 unspecified atom stereocenters. The Hall–Kier alpha value is -3.21. The number of pyridine rings is 1. The Morgan fingerprint density at radius 2 is 2.00 bits per heavy atom. The van der Waals surface area contributed by atoms with Crippen molar-refractivity contribution in [1.82, 2.24) is 4.98 Å². The third kappa shape index (κ3) is 4.50. The monoisotopic (exact) mass is 361 g/mol. The topological polar surface area (TPSA) is 63.6 Å². The molecule has 1 aromatic heterocycles. The van der Waals surface area contributed by atoms with Crippen LogP contribution in [0.15, 0.2) is 72.0 Å². The van der Waals surface area contributed by atoms with Crippen molar-refractivity contribution in [3.05, 3.63) is 67.0 Å². The fourth-order valence-electron chi connectivity index (χ4n) is 2.99. The number of rotatable bonds is 8. The summed E-state index contributed by atoms with van der Waals surface area (Å²) in [6.07, 6.45) is 6.06. The number of allylic oxidation sites excluding steroid dienone is 3. The Morgan fingerprint density at radius 1 is 1.26 bits per heavy atom. The first-order valence-corrected chi connectivity index (χ1v) is 8.95. The molecule has 0 spiro atoms. The van der Waals surface area contributed by atoms with Crippen LogP contribution in [-0.2, 0) is 4.79 Å². The highest BCUT2D eigenvalue weighted by atomic mass is 16.5. The van der Waals surface area contributed by atoms with Gasteiger partial charge in [0.05, 0.1) is 6.61 Å². The number of aromatic nitrogens is 1. The number of nitrogens with one attached hydrogen (secondary N) is 1. The van der Waals surface area contributed by atoms with Crippen LogP contribution in [0.1, 0.15) is 13.3 Å². The molecule has 2 aromatic rings. The van der Waals surface area contributed by atoms with Crippen molar-refractivity contribution in [3.8, 4) is 17.0 Å². The smallest absolute Gasteiger partial charge is 0.228 e. The molecule has 138 valence electrons. The molecule has 1 saturated carbocycles. The second-order valence-corrected chi connectivity index (χ2v) is 6.32. The number of carbonyl (C=O) groups excluding carboxylic acids is 1. The minimum absolute atomic E-state index is 0.00842. The molecule has 1 aliphatic rings. The molecule has 1 aromatic carbocycles. The highest BCUT2D eigenvalue weighted by molar-refractivity contribution is 5.95. The number of ether oxygens (including phenoxy) is 1. The number of carbonyl (C=O) groups is 1. The average molecular weight is 361 g/mol. The summed E-state index contributed by atoms with van der Waals surface area (Å²) in [5, 5.41) is 2.97. The average Bonchev–Trinajstić information content (AvgIpc) is 3.48. The maximum atomic E-state index is 12.4. The van der Waals surface area contributed by atoms with E-state index in [2.05, 4.69) is 28.6 Å². The van der Waals surface area contributed by atoms with Gasteiger partial charge in [0.15, 0.2) is 0 Å². The van der Waals surface area contributed by atoms with Crippen LogP contribution >= 0.6 is 0 Å². The van der Waals surface area contributed by atoms with Gasteiger partial charge in [0, 0.05) is 41.0 Å². The number of anilines is 1. The van der Waals surface area contributed by atoms with E-state index in [1.807, 2.05) is 49.4 Å². The van der Waals surface area contributed by atoms with E-state index in [1.165, 1.54) is 0 Å². The predicted molar refractivity (Wildman–Crippen MR) is 109 cm³/mol. The molecule has 3 rings (SSSR count). The first-order valence-electron chi connectivity index (χ1n) is 8.95. The van der Waals surface area contributed by atoms with Crippen LogP contribution in [0.3, 0.4) is 0 Å². The van der Waals surface area contributed by atoms with Crippen molar-refractivity contribution in [2.24, 2.45) is 16.8 Å². The minimum Gasteiger partial charge on any atom is -0.478 e. The summed E-state index contributed by atoms with van der Waals surface area (Å²) < 4.78 is 5.36. The van der Waals surface area contributed by atoms with Crippen LogP contribution < -0.4 is 10.1 Å². The molecule has 1 N–H and O–H groups in total. The summed E-state index contributed by atoms with van der Waals surface area (Å²) >= 11 is 0. The van der Waals surface area contributed by atoms with Crippen molar-refractivity contribution in [3.63, 3.8) is 0 Å². The van der Waals surface area contributed by atoms with Gasteiger partial charge in [-0.25, -0.2) is 4.98 Å². The normalized spacial score (nSPS) is 18.5. The highest BCUT2D eigenvalue weighted by Crippen LogP contribution is 2.45. The zero-order valence-electron chi connectivity index (χ0n) is 15.4. The first kappa shape index (κ1) is 18.6. The number of hydrogen-bond donors (Lipinski definition) is 1. The molecule has 27 heavy (non-hydrogen) atoms. The molecule has 0 aliphatic heterocycles. The van der Waals surface area contributed by atoms with E-state index >= 15 is 0 Å². The lowest BCUT2D eigenvalue weighted by atomic mass is 10.1. The Balaban J connectivity index is 1.61. The molecule has 1 amide bonds. The summed E-state index contributed by atoms with van der Waals surface area (Å²) in [5.41, 5.74) is 3.62. The van der Waals surface area contributed by atoms with E-state index in [0.717, 1.165) is 28.9 Å². The number of amides is 1. The van der Waals surface area contributed by atoms with Gasteiger partial charge in [-0.1, -0.05) is 24.8 Å². The van der Waals surface area contributed by atoms with Gasteiger partial charge < -0.3 is 10.1 Å². The number of nitrogens with zero attached hydrogens (tertiary/aromatic N) is 2. The number of aliphatic imine (C=N–C) groups is 1. The van der Waals surface area contributed by atoms with Gasteiger partial charge in [-0.2, -0.15) is 0 Å². The van der Waals surface area contributed by atoms with Gasteiger partial charge >= 0.3 is 0 Å². The molecule has 5 nitrogen and oxygen atoms in total. The fourth-order valence-corrected chi connectivity index (χ4v) is 2.99. The van der Waals surface area contributed by atoms with E-state index in [0.29, 0.717) is 12.5 Å². The second-order valence-electron chi connectivity index (χ2n) is 6.32. The molecule has 1 fully saturated rings. The molecular formula is C22H23N3O2. The lowest BCUT2D eigenvalue weighted by molar-refractivity contribution is -0.117. The number of hydrogen-bond acceptors (Lipinski definition) is 4. The van der Waals surface area contributed by atoms with Crippen molar-refractivity contribution in [2.75, 3.05) is 11.9 Å². The Morgan fingerprint density at radius 3 is 2.59 bits per heavy atom. The summed E-state index contributed by atoms with van der Waals surface area (Å²) in [6.45, 7) is 9.75. The lowest BCUT2D eigenvalue weighted by Crippen LogP contribution is -2.15. The molecular weight excluding hydrogens is 338 g/mol. The van der Waals surface area contributed by atoms with Crippen LogP contribution in [0.25, 0.3) is 11.1 Å². The minimum atomic E-state index is -0.0586. The Kier molecular flexibility index (Phi) is 5.81. The van der Waals surface area contributed by atoms with Gasteiger partial charge in [-0.05, 0) is 49.9 Å². The fraction of sp³-hybridized carbons (Fsp3) is 0.227. The van der Waals surface area contributed by atoms with Gasteiger partial charge in [-0.15, -0.1) is 0 Å². The zero-order valence-corrected chi connectivity index (χ0v) is 15.4. The zero-order chi connectivity index (χ0) is 19.2. The van der Waals surface area contributed by atoms with E-state index in [4.69, 9.17) is 4.74 Å². The molecule has 0 bridgehead atoms. The molecule has 0 saturated heterocycles. The summed E-state index contributed by atoms with van der Waals surface area (Å²) in [5.74, 6) is 0.698. The highest BCUT2D eigenvalue weighted by Gasteiger charge is 2.45. The third-order valence-corrected chi connectivity index (χ3v) is 4.49. The molecule has 2 atom stereocenters. The summed E-state index contributed by atoms with van der Waals surface area (Å²) in [4.78, 5) is 20.7. The van der Waals surface area contributed by atoms with E-state index in [9.17, 15) is 4.79 Å². The van der Waals surface area contributed by atoms with Crippen molar-refractivity contribution in [2.45, 2.75) is 13.3 Å². The van der Waals surface area contributed by atoms with Crippen LogP contribution in [-0.4, -0.2) is 24.2 Å². The van der Waals surface area contributed by atoms with Gasteiger partial charge in [-0.3, -0.25) is 9.79 Å². The number of benzene rings is 1. The van der Waals surface area contributed by atoms with Crippen LogP contribution in [0.4, 0.5) is 5.69 Å². The molecule has 1 aliphatic carbocycles. The SMILES string of the molecule is C=C/C=C(\N=C)C1CC1C(=O)Nc1ccc(-c2ccc(OCC)nc2)cc1. The van der Waals surface area contributed by atoms with E-state index in [1.54, 1.807) is 12.3 Å². The predicted octanol–water partition coefficient (Wildman–Crippen LogP) is 4.49.